The third-order valence-corrected chi connectivity index (χ3v) is 3.36. The Hall–Kier alpha value is -2.39. The smallest absolute Gasteiger partial charge is 0.186 e. The van der Waals surface area contributed by atoms with Crippen LogP contribution >= 0.6 is 11.6 Å². The van der Waals surface area contributed by atoms with E-state index < -0.39 is 0 Å². The lowest BCUT2D eigenvalue weighted by atomic mass is 10.1. The van der Waals surface area contributed by atoms with E-state index >= 15 is 0 Å². The van der Waals surface area contributed by atoms with Gasteiger partial charge in [-0.05, 0) is 36.4 Å². The van der Waals surface area contributed by atoms with Crippen LogP contribution in [0.2, 0.25) is 5.02 Å². The van der Waals surface area contributed by atoms with Crippen molar-refractivity contribution < 1.29 is 8.81 Å². The van der Waals surface area contributed by atoms with E-state index in [1.54, 1.807) is 30.3 Å². The molecule has 0 radical (unpaired) electrons. The van der Waals surface area contributed by atoms with Gasteiger partial charge in [0.15, 0.2) is 5.43 Å². The van der Waals surface area contributed by atoms with Crippen molar-refractivity contribution in [1.82, 2.24) is 0 Å². The second-order valence-corrected chi connectivity index (χ2v) is 4.92. The second-order valence-electron chi connectivity index (χ2n) is 4.51. The van der Waals surface area contributed by atoms with Gasteiger partial charge in [-0.2, -0.15) is 0 Å². The Kier molecular flexibility index (Phi) is 3.59. The minimum atomic E-state index is -0.344. The lowest BCUT2D eigenvalue weighted by molar-refractivity contribution is 0.579. The fourth-order valence-electron chi connectivity index (χ4n) is 2.03. The molecule has 2 nitrogen and oxygen atoms in total. The van der Waals surface area contributed by atoms with Crippen molar-refractivity contribution in [2.75, 3.05) is 0 Å². The third kappa shape index (κ3) is 2.88. The standard InChI is InChI=1S/C17H10ClFO2/c18-15-4-2-1-3-14(15)17-10-13(20)9-16(21-17)11-5-7-12(19)8-6-11/h1-10H. The summed E-state index contributed by atoms with van der Waals surface area (Å²) in [4.78, 5) is 11.9. The zero-order chi connectivity index (χ0) is 14.8. The molecule has 0 N–H and O–H groups in total. The van der Waals surface area contributed by atoms with Gasteiger partial charge in [-0.3, -0.25) is 4.79 Å². The first-order valence-corrected chi connectivity index (χ1v) is 6.67. The third-order valence-electron chi connectivity index (χ3n) is 3.03. The highest BCUT2D eigenvalue weighted by molar-refractivity contribution is 6.33. The van der Waals surface area contributed by atoms with Crippen molar-refractivity contribution in [1.29, 1.82) is 0 Å². The molecule has 104 valence electrons. The van der Waals surface area contributed by atoms with Gasteiger partial charge in [0.1, 0.15) is 17.3 Å². The number of hydrogen-bond acceptors (Lipinski definition) is 2. The summed E-state index contributed by atoms with van der Waals surface area (Å²) in [5.74, 6) is 0.410. The maximum atomic E-state index is 13.0. The highest BCUT2D eigenvalue weighted by Crippen LogP contribution is 2.29. The molecule has 0 saturated heterocycles. The van der Waals surface area contributed by atoms with Gasteiger partial charge in [-0.25, -0.2) is 4.39 Å². The van der Waals surface area contributed by atoms with Crippen molar-refractivity contribution in [2.45, 2.75) is 0 Å². The van der Waals surface area contributed by atoms with E-state index in [-0.39, 0.29) is 11.2 Å². The molecule has 0 saturated carbocycles. The van der Waals surface area contributed by atoms with Crippen LogP contribution in [0.5, 0.6) is 0 Å². The summed E-state index contributed by atoms with van der Waals surface area (Å²) in [5.41, 5.74) is 1.07. The molecule has 0 aliphatic heterocycles. The Bertz CT molecular complexity index is 838. The van der Waals surface area contributed by atoms with Crippen LogP contribution in [0.15, 0.2) is 69.9 Å². The fraction of sp³-hybridized carbons (Fsp3) is 0. The molecule has 0 bridgehead atoms. The fourth-order valence-corrected chi connectivity index (χ4v) is 2.26. The van der Waals surface area contributed by atoms with Gasteiger partial charge in [0.25, 0.3) is 0 Å². The Morgan fingerprint density at radius 3 is 2.29 bits per heavy atom. The average Bonchev–Trinajstić information content (AvgIpc) is 2.48. The molecule has 0 unspecified atom stereocenters. The summed E-state index contributed by atoms with van der Waals surface area (Å²) in [6, 6.07) is 15.6. The Balaban J connectivity index is 2.15. The van der Waals surface area contributed by atoms with E-state index in [1.807, 2.05) is 6.07 Å². The average molecular weight is 301 g/mol. The van der Waals surface area contributed by atoms with Crippen LogP contribution in [-0.4, -0.2) is 0 Å². The number of halogens is 2. The molecule has 0 spiro atoms. The number of benzene rings is 2. The van der Waals surface area contributed by atoms with Gasteiger partial charge < -0.3 is 4.42 Å². The summed E-state index contributed by atoms with van der Waals surface area (Å²) >= 11 is 6.12. The zero-order valence-corrected chi connectivity index (χ0v) is 11.6. The Labute approximate surface area is 125 Å². The first-order valence-electron chi connectivity index (χ1n) is 6.29. The summed E-state index contributed by atoms with van der Waals surface area (Å²) in [6.45, 7) is 0. The van der Waals surface area contributed by atoms with Crippen molar-refractivity contribution in [3.8, 4) is 22.6 Å². The SMILES string of the molecule is O=c1cc(-c2ccc(F)cc2)oc(-c2ccccc2Cl)c1. The predicted octanol–water partition coefficient (Wildman–Crippen LogP) is 4.77. The molecule has 1 aromatic heterocycles. The van der Waals surface area contributed by atoms with Crippen LogP contribution in [0, 0.1) is 5.82 Å². The van der Waals surface area contributed by atoms with E-state index in [2.05, 4.69) is 0 Å². The molecule has 3 aromatic rings. The van der Waals surface area contributed by atoms with Crippen LogP contribution in [0.1, 0.15) is 0 Å². The highest BCUT2D eigenvalue weighted by atomic mass is 35.5. The van der Waals surface area contributed by atoms with Gasteiger partial charge in [-0.15, -0.1) is 0 Å². The normalized spacial score (nSPS) is 10.6. The Morgan fingerprint density at radius 2 is 1.57 bits per heavy atom. The van der Waals surface area contributed by atoms with Crippen molar-refractivity contribution in [3.63, 3.8) is 0 Å². The van der Waals surface area contributed by atoms with Crippen LogP contribution in [-0.2, 0) is 0 Å². The van der Waals surface area contributed by atoms with Gasteiger partial charge in [0.05, 0.1) is 5.02 Å². The topological polar surface area (TPSA) is 30.2 Å². The maximum Gasteiger partial charge on any atom is 0.186 e. The van der Waals surface area contributed by atoms with Gasteiger partial charge in [0, 0.05) is 23.3 Å². The van der Waals surface area contributed by atoms with Crippen LogP contribution in [0.4, 0.5) is 4.39 Å². The molecule has 2 aromatic carbocycles. The van der Waals surface area contributed by atoms with E-state index in [0.717, 1.165) is 0 Å². The van der Waals surface area contributed by atoms with Gasteiger partial charge in [-0.1, -0.05) is 23.7 Å². The molecule has 0 atom stereocenters. The van der Waals surface area contributed by atoms with E-state index in [4.69, 9.17) is 16.0 Å². The highest BCUT2D eigenvalue weighted by Gasteiger charge is 2.09. The summed E-state index contributed by atoms with van der Waals surface area (Å²) in [6.07, 6.45) is 0. The lowest BCUT2D eigenvalue weighted by Gasteiger charge is -2.06. The predicted molar refractivity (Wildman–Crippen MR) is 80.8 cm³/mol. The van der Waals surface area contributed by atoms with Crippen LogP contribution in [0.3, 0.4) is 0 Å². The summed E-state index contributed by atoms with van der Waals surface area (Å²) in [5, 5.41) is 0.497. The molecular formula is C17H10ClFO2. The first-order chi connectivity index (χ1) is 10.1. The second kappa shape index (κ2) is 5.54. The Morgan fingerprint density at radius 1 is 0.905 bits per heavy atom. The molecule has 0 fully saturated rings. The number of rotatable bonds is 2. The summed E-state index contributed by atoms with van der Waals surface area (Å²) in [7, 11) is 0. The van der Waals surface area contributed by atoms with Crippen LogP contribution in [0.25, 0.3) is 22.6 Å². The molecular weight excluding hydrogens is 291 g/mol. The lowest BCUT2D eigenvalue weighted by Crippen LogP contribution is -1.98. The van der Waals surface area contributed by atoms with Crippen LogP contribution < -0.4 is 5.43 Å². The molecule has 21 heavy (non-hydrogen) atoms. The minimum Gasteiger partial charge on any atom is -0.456 e. The van der Waals surface area contributed by atoms with Crippen molar-refractivity contribution in [2.24, 2.45) is 0 Å². The molecule has 3 rings (SSSR count). The largest absolute Gasteiger partial charge is 0.456 e. The molecule has 1 heterocycles. The first kappa shape index (κ1) is 13.6. The van der Waals surface area contributed by atoms with Gasteiger partial charge in [0.2, 0.25) is 0 Å². The van der Waals surface area contributed by atoms with E-state index in [9.17, 15) is 9.18 Å². The van der Waals surface area contributed by atoms with Crippen molar-refractivity contribution >= 4 is 11.6 Å². The van der Waals surface area contributed by atoms with Gasteiger partial charge >= 0.3 is 0 Å². The zero-order valence-electron chi connectivity index (χ0n) is 10.8. The molecule has 0 amide bonds. The maximum absolute atomic E-state index is 13.0. The molecule has 0 aliphatic rings. The number of hydrogen-bond donors (Lipinski definition) is 0. The minimum absolute atomic E-state index is 0.199. The van der Waals surface area contributed by atoms with E-state index in [0.29, 0.717) is 27.7 Å². The van der Waals surface area contributed by atoms with E-state index in [1.165, 1.54) is 24.3 Å². The summed E-state index contributed by atoms with van der Waals surface area (Å²) < 4.78 is 18.7. The van der Waals surface area contributed by atoms with Crippen molar-refractivity contribution in [3.05, 3.63) is 81.7 Å². The molecule has 0 aliphatic carbocycles. The quantitative estimate of drug-likeness (QED) is 0.682. The molecule has 4 heteroatoms. The monoisotopic (exact) mass is 300 g/mol.